The van der Waals surface area contributed by atoms with Gasteiger partial charge in [0.15, 0.2) is 0 Å². The summed E-state index contributed by atoms with van der Waals surface area (Å²) >= 11 is 0. The van der Waals surface area contributed by atoms with Crippen molar-refractivity contribution in [3.63, 3.8) is 0 Å². The maximum Gasteiger partial charge on any atom is 1.00 e. The van der Waals surface area contributed by atoms with E-state index in [1.54, 1.807) is 0 Å². The van der Waals surface area contributed by atoms with E-state index in [9.17, 15) is 134 Å². The van der Waals surface area contributed by atoms with Gasteiger partial charge in [0.2, 0.25) is 0 Å². The van der Waals surface area contributed by atoms with Crippen LogP contribution in [-0.2, 0) is 80.9 Å². The standard InChI is InChI=1S/C64H42N16O30S8.8Na/c81-53-49-31(23-47(115(99,100)101)51(53)77-75-41-17-15-37-39(55(41)117(105,106)107)7-1-9-45(37)113(93,94)95)21-35(111(87,88)89)25-43(49)67-61-69-59(71-63(73-61)79-19-3-5-29(27-79)57(83)84)65-33-11-13-34(14-12-33)66-60-70-62(74-64(72-60)80-20-4-6-30(28-80)58(85)86)68-44-26-36(112(90,91)92)22-32-24-48(116(102,103)104)52(54(82)50(32)44)78-76-42-18-16-38-40(56(42)118(108,109)110)8-2-10-46(38)114(96,97)98;;;;;;;;/h1-28H,(H14-2,65,66,67,68,69,70,71,72,73,74,75,76,77,78,81,82,83,84,85,86,87,88,89,90,91,92,93,94,95,96,97,98,99,100,101,102,103,104,105,106,107,108,109,110);;;;;;;;/q;8*+1/p-6. The van der Waals surface area contributed by atoms with Gasteiger partial charge in [-0.05, 0) is 130 Å². The minimum Gasteiger partial charge on any atom is -0.871 e. The second-order valence-corrected chi connectivity index (χ2v) is 35.0. The molecule has 8 aromatic carbocycles. The number of carbonyl (C=O) groups excluding carboxylic acids is 2. The van der Waals surface area contributed by atoms with Gasteiger partial charge in [-0.25, -0.2) is 52.8 Å². The van der Waals surface area contributed by atoms with Crippen LogP contribution in [0.15, 0.2) is 240 Å². The number of hydrogen-bond donors (Lipinski definition) is 8. The number of carboxylic acids is 2. The molecule has 4 heterocycles. The minimum absolute atomic E-state index is 0. The molecule has 8 N–H and O–H groups in total. The molecule has 0 amide bonds. The summed E-state index contributed by atoms with van der Waals surface area (Å²) in [5.41, 5.74) is -4.87. The number of fused-ring (bicyclic) bond motifs is 4. The van der Waals surface area contributed by atoms with E-state index in [-0.39, 0.29) is 248 Å². The van der Waals surface area contributed by atoms with E-state index in [0.717, 1.165) is 88.3 Å². The number of anilines is 2. The molecule has 1 aliphatic rings. The van der Waals surface area contributed by atoms with Crippen LogP contribution in [-0.4, -0.2) is 157 Å². The molecule has 13 rings (SSSR count). The molecule has 4 aromatic heterocycles. The summed E-state index contributed by atoms with van der Waals surface area (Å²) in [7, 11) is -44.4. The van der Waals surface area contributed by atoms with Gasteiger partial charge >= 0.3 is 260 Å². The summed E-state index contributed by atoms with van der Waals surface area (Å²) in [6.45, 7) is 0. The molecule has 0 spiro atoms. The molecule has 0 radical (unpaired) electrons. The Morgan fingerprint density at radius 3 is 1.19 bits per heavy atom. The maximum absolute atomic E-state index is 14.8. The Labute approximate surface area is 885 Å². The van der Waals surface area contributed by atoms with Gasteiger partial charge in [0, 0.05) is 43.4 Å². The summed E-state index contributed by atoms with van der Waals surface area (Å²) in [4.78, 5) is 54.0. The number of aromatic carboxylic acids is 2. The Kier molecular flexibility index (Phi) is 37.6. The molecular weight excluding hydrogens is 1910 g/mol. The second-order valence-electron chi connectivity index (χ2n) is 24.1. The van der Waals surface area contributed by atoms with Crippen molar-refractivity contribution in [3.8, 4) is 23.4 Å². The molecule has 0 aliphatic heterocycles. The number of benzene rings is 8. The number of aromatic nitrogens is 8. The number of aromatic amines is 2. The Balaban J connectivity index is 0.00000352. The number of pyridine rings is 2. The van der Waals surface area contributed by atoms with Crippen LogP contribution in [0.1, 0.15) is 20.7 Å². The van der Waals surface area contributed by atoms with E-state index in [1.165, 1.54) is 48.8 Å². The van der Waals surface area contributed by atoms with Crippen molar-refractivity contribution < 1.29 is 379 Å². The molecule has 0 unspecified atom stereocenters. The number of hydrogen-bond acceptors (Lipinski definition) is 38. The summed E-state index contributed by atoms with van der Waals surface area (Å²) in [6, 6.07) is 15.9. The summed E-state index contributed by atoms with van der Waals surface area (Å²) in [5.74, 6) is -8.97. The molecule has 0 bridgehead atoms. The smallest absolute Gasteiger partial charge is 0.871 e. The predicted octanol–water partition coefficient (Wildman–Crippen LogP) is -24.1. The van der Waals surface area contributed by atoms with Gasteiger partial charge in [-0.15, -0.1) is 20.2 Å². The molecule has 46 nitrogen and oxygen atoms in total. The molecule has 126 heavy (non-hydrogen) atoms. The number of nitrogens with zero attached hydrogens (tertiary/aromatic N) is 12. The van der Waals surface area contributed by atoms with Crippen molar-refractivity contribution in [1.29, 1.82) is 0 Å². The van der Waals surface area contributed by atoms with Crippen LogP contribution < -0.4 is 288 Å². The van der Waals surface area contributed by atoms with Crippen molar-refractivity contribution in [1.82, 2.24) is 29.9 Å². The Bertz CT molecular complexity index is 7890. The van der Waals surface area contributed by atoms with Crippen LogP contribution >= 0.6 is 0 Å². The van der Waals surface area contributed by atoms with E-state index in [0.29, 0.717) is 42.5 Å². The summed E-state index contributed by atoms with van der Waals surface area (Å²) in [6.07, 6.45) is 9.07. The number of aliphatic imine (C=N–C) groups is 2. The van der Waals surface area contributed by atoms with Gasteiger partial charge in [0.1, 0.15) is 65.7 Å². The Morgan fingerprint density at radius 1 is 0.397 bits per heavy atom. The largest absolute Gasteiger partial charge is 1.00 e. The molecule has 62 heteroatoms. The number of carboxylic acid groups (broad SMARTS) is 2. The maximum atomic E-state index is 14.8. The fraction of sp³-hybridized carbons (Fsp3) is 0. The van der Waals surface area contributed by atoms with Crippen molar-refractivity contribution in [2.75, 3.05) is 10.9 Å². The monoisotopic (exact) mass is 1950 g/mol. The average Bonchev–Trinajstić information content (AvgIpc) is 0.629. The number of azo groups is 1. The Morgan fingerprint density at radius 2 is 0.794 bits per heavy atom. The van der Waals surface area contributed by atoms with Crippen molar-refractivity contribution in [2.24, 2.45) is 30.2 Å². The zero-order chi connectivity index (χ0) is 85.6. The van der Waals surface area contributed by atoms with Gasteiger partial charge in [-0.3, -0.25) is 23.6 Å². The number of H-pyrrole nitrogens is 2. The van der Waals surface area contributed by atoms with Crippen LogP contribution in [0.25, 0.3) is 55.0 Å². The number of rotatable bonds is 21. The topological polar surface area (TPSA) is 762 Å². The number of hydrazine groups is 1. The first-order chi connectivity index (χ1) is 55.0. The zero-order valence-corrected chi connectivity index (χ0v) is 87.7. The molecule has 0 saturated heterocycles. The van der Waals surface area contributed by atoms with Crippen LogP contribution in [0.2, 0.25) is 0 Å². The van der Waals surface area contributed by atoms with E-state index in [1.807, 2.05) is 0 Å². The van der Waals surface area contributed by atoms with Gasteiger partial charge in [-0.2, -0.15) is 53.6 Å². The number of allylic oxidation sites excluding steroid dienone is 4. The molecule has 606 valence electrons. The minimum atomic E-state index is -5.77. The fourth-order valence-corrected chi connectivity index (χ4v) is 17.1. The zero-order valence-electron chi connectivity index (χ0n) is 65.2. The fourth-order valence-electron chi connectivity index (χ4n) is 11.6. The number of nitrogens with one attached hydrogen (secondary N) is 4. The SMILES string of the molecule is O=C([O-])c1ccc[n+](-c2nc(N=C3C=CC(=Nc4nc(-[n+]5cccc(C(=O)[O-])c5)[nH]c(=Nc5cc(S(=O)(=O)[O-])cc6cc(S(=O)(=O)O)c(NNc7ccc8c(S(=O)(=O)O)cccc8c7S(=O)(=O)[O-])c([O-])c56)n4)C=C3)nc(=Nc3cc(S(=O)(=O)[O-])cc4cc(S(=O)(=O)O)c(N=Nc5ccc6c(S(=O)(=O)O)cccc6c5S(=O)(=O)[O-])c([O-])c34)[nH]2)c1.[Na+].[Na+].[Na+].[Na+].[Na+].[Na+].[Na+].[Na+]. The average molecular weight is 1950 g/mol. The van der Waals surface area contributed by atoms with E-state index < -0.39 is 267 Å². The quantitative estimate of drug-likeness (QED) is 0.00827. The van der Waals surface area contributed by atoms with E-state index in [2.05, 4.69) is 71.0 Å². The van der Waals surface area contributed by atoms with E-state index >= 15 is 0 Å². The first kappa shape index (κ1) is 111. The van der Waals surface area contributed by atoms with Gasteiger partial charge in [0.25, 0.3) is 51.7 Å². The molecular formula is C64H36N16Na8O30S8+2. The third-order valence-electron chi connectivity index (χ3n) is 16.5. The van der Waals surface area contributed by atoms with Crippen molar-refractivity contribution in [3.05, 3.63) is 193 Å². The van der Waals surface area contributed by atoms with Crippen molar-refractivity contribution in [2.45, 2.75) is 39.2 Å². The van der Waals surface area contributed by atoms with Gasteiger partial charge < -0.3 is 53.7 Å². The summed E-state index contributed by atoms with van der Waals surface area (Å²) < 4.78 is 297. The van der Waals surface area contributed by atoms with Crippen LogP contribution in [0.3, 0.4) is 0 Å². The van der Waals surface area contributed by atoms with Crippen molar-refractivity contribution >= 4 is 193 Å². The third kappa shape index (κ3) is 24.9. The van der Waals surface area contributed by atoms with Crippen LogP contribution in [0.4, 0.5) is 46.0 Å². The third-order valence-corrected chi connectivity index (χ3v) is 23.5. The first-order valence-corrected chi connectivity index (χ1v) is 42.9. The predicted molar refractivity (Wildman–Crippen MR) is 385 cm³/mol. The van der Waals surface area contributed by atoms with Gasteiger partial charge in [-0.1, -0.05) is 47.9 Å². The van der Waals surface area contributed by atoms with Crippen LogP contribution in [0.5, 0.6) is 11.5 Å². The normalized spacial score (nSPS) is 12.8. The molecule has 0 atom stereocenters. The van der Waals surface area contributed by atoms with Crippen LogP contribution in [0, 0.1) is 0 Å². The molecule has 0 saturated carbocycles. The molecule has 0 fully saturated rings. The molecule has 1 aliphatic carbocycles. The van der Waals surface area contributed by atoms with E-state index in [4.69, 9.17) is 0 Å². The second kappa shape index (κ2) is 42.6. The first-order valence-electron chi connectivity index (χ1n) is 31.5. The van der Waals surface area contributed by atoms with Gasteiger partial charge in [0.05, 0.1) is 96.2 Å². The number of carbonyl (C=O) groups is 2. The summed E-state index contributed by atoms with van der Waals surface area (Å²) in [5, 5.41) is 55.3. The Hall–Kier alpha value is -5.44. The molecule has 12 aromatic rings.